The van der Waals surface area contributed by atoms with Gasteiger partial charge in [-0.3, -0.25) is 0 Å². The molecule has 1 N–H and O–H groups in total. The van der Waals surface area contributed by atoms with E-state index in [1.54, 1.807) is 0 Å². The summed E-state index contributed by atoms with van der Waals surface area (Å²) in [5.41, 5.74) is 1.40. The zero-order valence-corrected chi connectivity index (χ0v) is 7.18. The van der Waals surface area contributed by atoms with Crippen LogP contribution in [0.25, 0.3) is 0 Å². The van der Waals surface area contributed by atoms with Crippen molar-refractivity contribution < 1.29 is 4.84 Å². The Kier molecular flexibility index (Phi) is 1.28. The van der Waals surface area contributed by atoms with Crippen LogP contribution in [0.1, 0.15) is 25.7 Å². The van der Waals surface area contributed by atoms with Crippen LogP contribution in [-0.2, 0) is 4.84 Å². The molecule has 3 heteroatoms. The second-order valence-corrected chi connectivity index (χ2v) is 4.23. The fourth-order valence-electron chi connectivity index (χ4n) is 2.14. The SMILES string of the molecule is C1CC2(CN1)CC(C1CC1)=NO2. The molecule has 2 fully saturated rings. The van der Waals surface area contributed by atoms with E-state index in [1.165, 1.54) is 18.6 Å². The van der Waals surface area contributed by atoms with Crippen molar-refractivity contribution in [1.82, 2.24) is 5.32 Å². The van der Waals surface area contributed by atoms with E-state index in [0.29, 0.717) is 0 Å². The van der Waals surface area contributed by atoms with E-state index in [-0.39, 0.29) is 5.60 Å². The number of oxime groups is 1. The molecule has 3 aliphatic rings. The Morgan fingerprint density at radius 1 is 1.50 bits per heavy atom. The van der Waals surface area contributed by atoms with E-state index >= 15 is 0 Å². The summed E-state index contributed by atoms with van der Waals surface area (Å²) in [5.74, 6) is 0.782. The third-order valence-electron chi connectivity index (χ3n) is 3.11. The average molecular weight is 166 g/mol. The quantitative estimate of drug-likeness (QED) is 0.628. The van der Waals surface area contributed by atoms with Gasteiger partial charge >= 0.3 is 0 Å². The van der Waals surface area contributed by atoms with Crippen LogP contribution in [0.3, 0.4) is 0 Å². The van der Waals surface area contributed by atoms with Gasteiger partial charge in [0, 0.05) is 25.3 Å². The summed E-state index contributed by atoms with van der Waals surface area (Å²) in [5, 5.41) is 7.55. The number of nitrogens with one attached hydrogen (secondary N) is 1. The summed E-state index contributed by atoms with van der Waals surface area (Å²) in [7, 11) is 0. The van der Waals surface area contributed by atoms with Gasteiger partial charge in [0.1, 0.15) is 0 Å². The van der Waals surface area contributed by atoms with Crippen LogP contribution in [-0.4, -0.2) is 24.4 Å². The van der Waals surface area contributed by atoms with Crippen molar-refractivity contribution in [1.29, 1.82) is 0 Å². The number of rotatable bonds is 1. The molecule has 1 spiro atoms. The monoisotopic (exact) mass is 166 g/mol. The van der Waals surface area contributed by atoms with E-state index in [1.807, 2.05) is 0 Å². The topological polar surface area (TPSA) is 33.6 Å². The maximum Gasteiger partial charge on any atom is 0.156 e. The van der Waals surface area contributed by atoms with Crippen LogP contribution in [0.2, 0.25) is 0 Å². The van der Waals surface area contributed by atoms with Crippen molar-refractivity contribution in [3.63, 3.8) is 0 Å². The first-order chi connectivity index (χ1) is 5.88. The fraction of sp³-hybridized carbons (Fsp3) is 0.889. The summed E-state index contributed by atoms with van der Waals surface area (Å²) < 4.78 is 0. The Hall–Kier alpha value is -0.570. The summed E-state index contributed by atoms with van der Waals surface area (Å²) >= 11 is 0. The molecule has 2 heterocycles. The molecule has 0 amide bonds. The molecule has 0 aromatic carbocycles. The van der Waals surface area contributed by atoms with E-state index in [2.05, 4.69) is 10.5 Å². The van der Waals surface area contributed by atoms with Crippen molar-refractivity contribution in [2.75, 3.05) is 13.1 Å². The second-order valence-electron chi connectivity index (χ2n) is 4.23. The van der Waals surface area contributed by atoms with Gasteiger partial charge in [-0.2, -0.15) is 0 Å². The summed E-state index contributed by atoms with van der Waals surface area (Å²) in [6.07, 6.45) is 4.90. The number of nitrogens with zero attached hydrogens (tertiary/aromatic N) is 1. The van der Waals surface area contributed by atoms with Gasteiger partial charge < -0.3 is 10.2 Å². The summed E-state index contributed by atoms with van der Waals surface area (Å²) in [6, 6.07) is 0. The van der Waals surface area contributed by atoms with Crippen LogP contribution in [0.4, 0.5) is 0 Å². The predicted octanol–water partition coefficient (Wildman–Crippen LogP) is 0.905. The van der Waals surface area contributed by atoms with Gasteiger partial charge in [0.2, 0.25) is 0 Å². The second kappa shape index (κ2) is 2.22. The molecule has 0 bridgehead atoms. The molecule has 3 rings (SSSR count). The lowest BCUT2D eigenvalue weighted by molar-refractivity contribution is -0.00190. The molecule has 2 aliphatic heterocycles. The van der Waals surface area contributed by atoms with Crippen molar-refractivity contribution >= 4 is 5.71 Å². The van der Waals surface area contributed by atoms with Gasteiger partial charge in [-0.1, -0.05) is 5.16 Å². The highest BCUT2D eigenvalue weighted by Crippen LogP contribution is 2.39. The Bertz CT molecular complexity index is 227. The molecule has 1 aliphatic carbocycles. The maximum absolute atomic E-state index is 5.54. The highest BCUT2D eigenvalue weighted by atomic mass is 16.7. The maximum atomic E-state index is 5.54. The minimum atomic E-state index is 0.0674. The minimum absolute atomic E-state index is 0.0674. The van der Waals surface area contributed by atoms with Crippen molar-refractivity contribution in [3.05, 3.63) is 0 Å². The molecular formula is C9H14N2O. The zero-order chi connectivity index (χ0) is 8.02. The summed E-state index contributed by atoms with van der Waals surface area (Å²) in [4.78, 5) is 5.54. The Balaban J connectivity index is 1.72. The molecule has 0 aromatic heterocycles. The molecule has 0 aromatic rings. The fourth-order valence-corrected chi connectivity index (χ4v) is 2.14. The van der Waals surface area contributed by atoms with Crippen LogP contribution in [0.5, 0.6) is 0 Å². The lowest BCUT2D eigenvalue weighted by Gasteiger charge is -2.18. The molecule has 0 radical (unpaired) electrons. The number of hydrogen-bond donors (Lipinski definition) is 1. The van der Waals surface area contributed by atoms with Gasteiger partial charge in [-0.05, 0) is 19.4 Å². The van der Waals surface area contributed by atoms with Crippen molar-refractivity contribution in [3.8, 4) is 0 Å². The van der Waals surface area contributed by atoms with Crippen molar-refractivity contribution in [2.45, 2.75) is 31.3 Å². The minimum Gasteiger partial charge on any atom is -0.387 e. The average Bonchev–Trinajstić information content (AvgIpc) is 2.72. The van der Waals surface area contributed by atoms with Crippen LogP contribution in [0.15, 0.2) is 5.16 Å². The third kappa shape index (κ3) is 0.959. The molecule has 1 atom stereocenters. The van der Waals surface area contributed by atoms with Crippen LogP contribution >= 0.6 is 0 Å². The first-order valence-corrected chi connectivity index (χ1v) is 4.84. The molecule has 12 heavy (non-hydrogen) atoms. The lowest BCUT2D eigenvalue weighted by Crippen LogP contribution is -2.31. The van der Waals surface area contributed by atoms with Gasteiger partial charge in [-0.15, -0.1) is 0 Å². The Morgan fingerprint density at radius 2 is 2.42 bits per heavy atom. The first kappa shape index (κ1) is 6.89. The lowest BCUT2D eigenvalue weighted by atomic mass is 9.95. The standard InChI is InChI=1S/C9H14N2O/c1-2-7(1)8-5-9(12-11-8)3-4-10-6-9/h7,10H,1-6H2. The Morgan fingerprint density at radius 3 is 3.08 bits per heavy atom. The van der Waals surface area contributed by atoms with E-state index in [9.17, 15) is 0 Å². The molecule has 66 valence electrons. The van der Waals surface area contributed by atoms with Crippen molar-refractivity contribution in [2.24, 2.45) is 11.1 Å². The Labute approximate surface area is 72.2 Å². The van der Waals surface area contributed by atoms with Gasteiger partial charge in [0.15, 0.2) is 5.60 Å². The highest BCUT2D eigenvalue weighted by molar-refractivity contribution is 5.90. The smallest absolute Gasteiger partial charge is 0.156 e. The van der Waals surface area contributed by atoms with Gasteiger partial charge in [0.05, 0.1) is 5.71 Å². The third-order valence-corrected chi connectivity index (χ3v) is 3.11. The molecular weight excluding hydrogens is 152 g/mol. The summed E-state index contributed by atoms with van der Waals surface area (Å²) in [6.45, 7) is 2.08. The van der Waals surface area contributed by atoms with E-state index in [0.717, 1.165) is 31.8 Å². The molecule has 3 nitrogen and oxygen atoms in total. The zero-order valence-electron chi connectivity index (χ0n) is 7.18. The molecule has 1 saturated carbocycles. The largest absolute Gasteiger partial charge is 0.387 e. The molecule has 1 saturated heterocycles. The first-order valence-electron chi connectivity index (χ1n) is 4.84. The molecule has 1 unspecified atom stereocenters. The van der Waals surface area contributed by atoms with Crippen LogP contribution < -0.4 is 5.32 Å². The van der Waals surface area contributed by atoms with E-state index in [4.69, 9.17) is 4.84 Å². The predicted molar refractivity (Wildman–Crippen MR) is 46.1 cm³/mol. The normalized spacial score (nSPS) is 40.2. The van der Waals surface area contributed by atoms with E-state index < -0.39 is 0 Å². The van der Waals surface area contributed by atoms with Gasteiger partial charge in [-0.25, -0.2) is 0 Å². The van der Waals surface area contributed by atoms with Gasteiger partial charge in [0.25, 0.3) is 0 Å². The van der Waals surface area contributed by atoms with Crippen LogP contribution in [0, 0.1) is 5.92 Å². The highest BCUT2D eigenvalue weighted by Gasteiger charge is 2.45. The number of hydrogen-bond acceptors (Lipinski definition) is 3.